The van der Waals surface area contributed by atoms with Crippen LogP contribution in [0.4, 0.5) is 0 Å². The first-order chi connectivity index (χ1) is 16.9. The number of amides is 2. The van der Waals surface area contributed by atoms with E-state index < -0.39 is 29.1 Å². The SMILES string of the molecule is CC(=O)OCC1(C(=O)C(=O)N2C3CCCC2C(=O)N(CCCCc2ccccc2)C3)CCCCC1. The second-order valence-electron chi connectivity index (χ2n) is 10.5. The summed E-state index contributed by atoms with van der Waals surface area (Å²) in [5.41, 5.74) is 0.349. The summed E-state index contributed by atoms with van der Waals surface area (Å²) in [6.45, 7) is 2.46. The molecule has 3 aliphatic rings. The molecule has 2 aliphatic heterocycles. The Morgan fingerprint density at radius 1 is 1.00 bits per heavy atom. The number of fused-ring (bicyclic) bond motifs is 2. The molecule has 190 valence electrons. The summed E-state index contributed by atoms with van der Waals surface area (Å²) in [4.78, 5) is 55.5. The van der Waals surface area contributed by atoms with Gasteiger partial charge in [-0.25, -0.2) is 0 Å². The van der Waals surface area contributed by atoms with E-state index in [0.717, 1.165) is 51.4 Å². The van der Waals surface area contributed by atoms with E-state index in [1.807, 2.05) is 23.1 Å². The molecule has 0 N–H and O–H groups in total. The monoisotopic (exact) mass is 482 g/mol. The van der Waals surface area contributed by atoms with Crippen molar-refractivity contribution in [1.82, 2.24) is 9.80 Å². The normalized spacial score (nSPS) is 23.6. The predicted octanol–water partition coefficient (Wildman–Crippen LogP) is 3.68. The van der Waals surface area contributed by atoms with Crippen molar-refractivity contribution in [3.05, 3.63) is 35.9 Å². The molecule has 7 heteroatoms. The van der Waals surface area contributed by atoms with Gasteiger partial charge in [-0.3, -0.25) is 19.2 Å². The number of rotatable bonds is 9. The number of esters is 1. The van der Waals surface area contributed by atoms with E-state index in [0.29, 0.717) is 32.4 Å². The zero-order chi connectivity index (χ0) is 24.8. The minimum atomic E-state index is -0.951. The third kappa shape index (κ3) is 5.76. The maximum absolute atomic E-state index is 13.6. The number of ether oxygens (including phenoxy) is 1. The number of piperazine rings is 1. The van der Waals surface area contributed by atoms with Crippen LogP contribution >= 0.6 is 0 Å². The molecule has 2 atom stereocenters. The number of aryl methyl sites for hydroxylation is 1. The zero-order valence-electron chi connectivity index (χ0n) is 20.9. The maximum atomic E-state index is 13.6. The summed E-state index contributed by atoms with van der Waals surface area (Å²) in [5.74, 6) is -1.49. The Hall–Kier alpha value is -2.70. The minimum Gasteiger partial charge on any atom is -0.465 e. The van der Waals surface area contributed by atoms with E-state index in [1.54, 1.807) is 4.90 Å². The van der Waals surface area contributed by atoms with Gasteiger partial charge in [-0.15, -0.1) is 0 Å². The maximum Gasteiger partial charge on any atom is 0.302 e. The van der Waals surface area contributed by atoms with Crippen molar-refractivity contribution in [2.45, 2.75) is 89.6 Å². The van der Waals surface area contributed by atoms with Crippen LogP contribution in [-0.2, 0) is 30.3 Å². The average molecular weight is 483 g/mol. The summed E-state index contributed by atoms with van der Waals surface area (Å²) in [5, 5.41) is 0. The Labute approximate surface area is 208 Å². The van der Waals surface area contributed by atoms with E-state index in [1.165, 1.54) is 12.5 Å². The first kappa shape index (κ1) is 25.4. The lowest BCUT2D eigenvalue weighted by molar-refractivity contribution is -0.168. The lowest BCUT2D eigenvalue weighted by Gasteiger charge is -2.49. The first-order valence-corrected chi connectivity index (χ1v) is 13.2. The van der Waals surface area contributed by atoms with Gasteiger partial charge in [0.25, 0.3) is 5.91 Å². The van der Waals surface area contributed by atoms with Crippen LogP contribution in [0.3, 0.4) is 0 Å². The molecular weight excluding hydrogens is 444 g/mol. The van der Waals surface area contributed by atoms with Gasteiger partial charge in [-0.1, -0.05) is 49.6 Å². The van der Waals surface area contributed by atoms with Crippen molar-refractivity contribution in [2.24, 2.45) is 5.41 Å². The second kappa shape index (κ2) is 11.4. The van der Waals surface area contributed by atoms with Gasteiger partial charge in [0, 0.05) is 20.0 Å². The van der Waals surface area contributed by atoms with Gasteiger partial charge in [0.15, 0.2) is 0 Å². The van der Waals surface area contributed by atoms with Crippen LogP contribution in [-0.4, -0.2) is 65.1 Å². The van der Waals surface area contributed by atoms with Crippen molar-refractivity contribution in [2.75, 3.05) is 19.7 Å². The molecule has 1 aliphatic carbocycles. The molecule has 2 heterocycles. The van der Waals surface area contributed by atoms with Gasteiger partial charge in [0.1, 0.15) is 12.6 Å². The Balaban J connectivity index is 1.40. The zero-order valence-corrected chi connectivity index (χ0v) is 20.9. The van der Waals surface area contributed by atoms with E-state index in [-0.39, 0.29) is 18.6 Å². The lowest BCUT2D eigenvalue weighted by Crippen LogP contribution is -2.67. The highest BCUT2D eigenvalue weighted by molar-refractivity contribution is 6.38. The fourth-order valence-corrected chi connectivity index (χ4v) is 6.09. The highest BCUT2D eigenvalue weighted by atomic mass is 16.5. The summed E-state index contributed by atoms with van der Waals surface area (Å²) < 4.78 is 5.26. The summed E-state index contributed by atoms with van der Waals surface area (Å²) in [6.07, 6.45) is 8.98. The number of piperidine rings is 1. The molecule has 35 heavy (non-hydrogen) atoms. The molecule has 2 bridgehead atoms. The van der Waals surface area contributed by atoms with Crippen LogP contribution in [0.25, 0.3) is 0 Å². The number of carbonyl (C=O) groups is 4. The molecule has 1 aromatic rings. The third-order valence-corrected chi connectivity index (χ3v) is 8.03. The molecule has 2 saturated heterocycles. The average Bonchev–Trinajstić information content (AvgIpc) is 2.88. The number of nitrogens with zero attached hydrogens (tertiary/aromatic N) is 2. The van der Waals surface area contributed by atoms with Crippen molar-refractivity contribution < 1.29 is 23.9 Å². The number of benzene rings is 1. The Morgan fingerprint density at radius 3 is 2.46 bits per heavy atom. The Kier molecular flexibility index (Phi) is 8.24. The van der Waals surface area contributed by atoms with Gasteiger partial charge in [-0.2, -0.15) is 0 Å². The number of likely N-dealkylation sites (tertiary alicyclic amines) is 1. The molecular formula is C28H38N2O5. The topological polar surface area (TPSA) is 84.0 Å². The lowest BCUT2D eigenvalue weighted by atomic mass is 9.71. The number of hydrogen-bond donors (Lipinski definition) is 0. The highest BCUT2D eigenvalue weighted by Gasteiger charge is 2.51. The third-order valence-electron chi connectivity index (χ3n) is 8.03. The van der Waals surface area contributed by atoms with Gasteiger partial charge in [0.05, 0.1) is 11.5 Å². The van der Waals surface area contributed by atoms with Gasteiger partial charge < -0.3 is 14.5 Å². The van der Waals surface area contributed by atoms with E-state index >= 15 is 0 Å². The van der Waals surface area contributed by atoms with Gasteiger partial charge in [-0.05, 0) is 56.9 Å². The van der Waals surface area contributed by atoms with Gasteiger partial charge in [0.2, 0.25) is 11.7 Å². The van der Waals surface area contributed by atoms with Crippen molar-refractivity contribution in [3.63, 3.8) is 0 Å². The molecule has 1 aromatic carbocycles. The van der Waals surface area contributed by atoms with Crippen LogP contribution in [0.2, 0.25) is 0 Å². The number of unbranched alkanes of at least 4 members (excludes halogenated alkanes) is 1. The number of Topliss-reactive ketones (excluding diaryl/α,β-unsaturated/α-hetero) is 1. The molecule has 3 fully saturated rings. The highest BCUT2D eigenvalue weighted by Crippen LogP contribution is 2.39. The molecule has 4 rings (SSSR count). The molecule has 2 unspecified atom stereocenters. The first-order valence-electron chi connectivity index (χ1n) is 13.2. The Morgan fingerprint density at radius 2 is 1.74 bits per heavy atom. The smallest absolute Gasteiger partial charge is 0.302 e. The fraction of sp³-hybridized carbons (Fsp3) is 0.643. The Bertz CT molecular complexity index is 925. The van der Waals surface area contributed by atoms with Crippen LogP contribution in [0.15, 0.2) is 30.3 Å². The largest absolute Gasteiger partial charge is 0.465 e. The van der Waals surface area contributed by atoms with Crippen molar-refractivity contribution in [3.8, 4) is 0 Å². The molecule has 0 radical (unpaired) electrons. The second-order valence-corrected chi connectivity index (χ2v) is 10.5. The van der Waals surface area contributed by atoms with E-state index in [2.05, 4.69) is 12.1 Å². The van der Waals surface area contributed by atoms with Crippen LogP contribution in [0.5, 0.6) is 0 Å². The van der Waals surface area contributed by atoms with Crippen molar-refractivity contribution >= 4 is 23.6 Å². The fourth-order valence-electron chi connectivity index (χ4n) is 6.09. The van der Waals surface area contributed by atoms with Crippen LogP contribution in [0, 0.1) is 5.41 Å². The minimum absolute atomic E-state index is 0.0282. The summed E-state index contributed by atoms with van der Waals surface area (Å²) >= 11 is 0. The molecule has 0 spiro atoms. The van der Waals surface area contributed by atoms with Crippen LogP contribution < -0.4 is 0 Å². The van der Waals surface area contributed by atoms with Gasteiger partial charge >= 0.3 is 5.97 Å². The summed E-state index contributed by atoms with van der Waals surface area (Å²) in [7, 11) is 0. The van der Waals surface area contributed by atoms with E-state index in [9.17, 15) is 19.2 Å². The van der Waals surface area contributed by atoms with Crippen LogP contribution in [0.1, 0.15) is 76.7 Å². The quantitative estimate of drug-likeness (QED) is 0.305. The predicted molar refractivity (Wildman–Crippen MR) is 131 cm³/mol. The van der Waals surface area contributed by atoms with E-state index in [4.69, 9.17) is 4.74 Å². The standard InChI is InChI=1S/C28H38N2O5/c1-21(31)35-20-28(16-7-3-8-17-28)25(32)27(34)30-23-14-10-15-24(30)26(33)29(19-23)18-9-6-13-22-11-4-2-5-12-22/h2,4-5,11-12,23-24H,3,6-10,13-20H2,1H3. The number of hydrogen-bond acceptors (Lipinski definition) is 5. The molecule has 1 saturated carbocycles. The van der Waals surface area contributed by atoms with Crippen molar-refractivity contribution in [1.29, 1.82) is 0 Å². The number of carbonyl (C=O) groups excluding carboxylic acids is 4. The molecule has 0 aromatic heterocycles. The molecule has 2 amide bonds. The number of ketones is 1. The molecule has 7 nitrogen and oxygen atoms in total. The summed E-state index contributed by atoms with van der Waals surface area (Å²) in [6, 6.07) is 9.67.